The Bertz CT molecular complexity index is 1200. The number of fused-ring (bicyclic) bond motifs is 2. The van der Waals surface area contributed by atoms with E-state index in [2.05, 4.69) is 39.9 Å². The van der Waals surface area contributed by atoms with Crippen molar-refractivity contribution in [3.05, 3.63) is 66.2 Å². The first-order valence-corrected chi connectivity index (χ1v) is 9.36. The van der Waals surface area contributed by atoms with Crippen LogP contribution in [0.1, 0.15) is 18.6 Å². The Morgan fingerprint density at radius 3 is 2.58 bits per heavy atom. The van der Waals surface area contributed by atoms with E-state index in [1.54, 1.807) is 11.3 Å². The maximum absolute atomic E-state index is 4.74. The molecular formula is C19H16N6S. The van der Waals surface area contributed by atoms with Gasteiger partial charge in [-0.05, 0) is 12.1 Å². The van der Waals surface area contributed by atoms with Gasteiger partial charge >= 0.3 is 0 Å². The Labute approximate surface area is 153 Å². The number of para-hydroxylation sites is 2. The predicted molar refractivity (Wildman–Crippen MR) is 102 cm³/mol. The zero-order valence-electron chi connectivity index (χ0n) is 14.2. The summed E-state index contributed by atoms with van der Waals surface area (Å²) in [6, 6.07) is 18.3. The summed E-state index contributed by atoms with van der Waals surface area (Å²) in [5, 5.41) is 14.4. The van der Waals surface area contributed by atoms with Crippen molar-refractivity contribution < 1.29 is 0 Å². The Kier molecular flexibility index (Phi) is 3.53. The highest BCUT2D eigenvalue weighted by atomic mass is 32.1. The van der Waals surface area contributed by atoms with Crippen molar-refractivity contribution in [1.82, 2.24) is 29.4 Å². The van der Waals surface area contributed by atoms with Crippen molar-refractivity contribution in [3.8, 4) is 10.6 Å². The lowest BCUT2D eigenvalue weighted by Gasteiger charge is -2.05. The quantitative estimate of drug-likeness (QED) is 0.489. The molecule has 6 nitrogen and oxygen atoms in total. The molecule has 0 fully saturated rings. The van der Waals surface area contributed by atoms with Gasteiger partial charge in [0.1, 0.15) is 10.8 Å². The highest BCUT2D eigenvalue weighted by molar-refractivity contribution is 7.19. The van der Waals surface area contributed by atoms with Gasteiger partial charge in [0, 0.05) is 12.0 Å². The van der Waals surface area contributed by atoms with Gasteiger partial charge in [-0.2, -0.15) is 9.61 Å². The maximum Gasteiger partial charge on any atom is 0.235 e. The maximum atomic E-state index is 4.74. The van der Waals surface area contributed by atoms with E-state index in [9.17, 15) is 0 Å². The second kappa shape index (κ2) is 6.03. The molecule has 0 atom stereocenters. The van der Waals surface area contributed by atoms with Gasteiger partial charge in [-0.1, -0.05) is 60.7 Å². The summed E-state index contributed by atoms with van der Waals surface area (Å²) >= 11 is 1.55. The number of aromatic nitrogens is 6. The molecule has 0 aliphatic rings. The molecule has 0 unspecified atom stereocenters. The van der Waals surface area contributed by atoms with E-state index in [0.29, 0.717) is 6.54 Å². The smallest absolute Gasteiger partial charge is 0.235 e. The van der Waals surface area contributed by atoms with Gasteiger partial charge in [0.2, 0.25) is 4.96 Å². The Morgan fingerprint density at radius 2 is 1.73 bits per heavy atom. The van der Waals surface area contributed by atoms with Gasteiger partial charge < -0.3 is 4.57 Å². The number of nitrogens with zero attached hydrogens (tertiary/aromatic N) is 6. The molecule has 5 aromatic rings. The third-order valence-electron chi connectivity index (χ3n) is 4.43. The lowest BCUT2D eigenvalue weighted by Crippen LogP contribution is -2.08. The van der Waals surface area contributed by atoms with Crippen molar-refractivity contribution >= 4 is 27.3 Å². The van der Waals surface area contributed by atoms with Crippen LogP contribution in [0.15, 0.2) is 54.6 Å². The van der Waals surface area contributed by atoms with Crippen molar-refractivity contribution in [2.24, 2.45) is 0 Å². The molecule has 0 amide bonds. The first-order valence-electron chi connectivity index (χ1n) is 8.54. The van der Waals surface area contributed by atoms with Gasteiger partial charge in [0.05, 0.1) is 17.6 Å². The van der Waals surface area contributed by atoms with Crippen molar-refractivity contribution in [2.45, 2.75) is 19.9 Å². The molecule has 0 spiro atoms. The number of hydrogen-bond acceptors (Lipinski definition) is 5. The fraction of sp³-hybridized carbons (Fsp3) is 0.158. The largest absolute Gasteiger partial charge is 0.320 e. The van der Waals surface area contributed by atoms with Crippen LogP contribution in [0.25, 0.3) is 26.6 Å². The normalized spacial score (nSPS) is 11.6. The summed E-state index contributed by atoms with van der Waals surface area (Å²) in [5.74, 6) is 1.86. The Hall–Kier alpha value is -3.06. The van der Waals surface area contributed by atoms with Crippen LogP contribution in [0.2, 0.25) is 0 Å². The minimum atomic E-state index is 0.600. The molecule has 128 valence electrons. The number of hydrogen-bond donors (Lipinski definition) is 0. The molecule has 5 rings (SSSR count). The molecule has 0 radical (unpaired) electrons. The lowest BCUT2D eigenvalue weighted by molar-refractivity contribution is 0.691. The SMILES string of the molecule is CCc1nc2ccccc2n1Cc1nnc2sc(-c3ccccc3)nn12. The Morgan fingerprint density at radius 1 is 0.923 bits per heavy atom. The van der Waals surface area contributed by atoms with Gasteiger partial charge in [-0.25, -0.2) is 4.98 Å². The van der Waals surface area contributed by atoms with E-state index in [-0.39, 0.29) is 0 Å². The van der Waals surface area contributed by atoms with E-state index in [4.69, 9.17) is 10.1 Å². The summed E-state index contributed by atoms with van der Waals surface area (Å²) in [4.78, 5) is 5.54. The molecule has 0 aliphatic carbocycles. The second-order valence-corrected chi connectivity index (χ2v) is 7.00. The molecule has 26 heavy (non-hydrogen) atoms. The second-order valence-electron chi connectivity index (χ2n) is 6.04. The zero-order chi connectivity index (χ0) is 17.5. The summed E-state index contributed by atoms with van der Waals surface area (Å²) < 4.78 is 4.05. The fourth-order valence-electron chi connectivity index (χ4n) is 3.17. The lowest BCUT2D eigenvalue weighted by atomic mass is 10.2. The molecule has 0 saturated carbocycles. The van der Waals surface area contributed by atoms with Crippen LogP contribution in [-0.4, -0.2) is 29.4 Å². The molecule has 0 bridgehead atoms. The Balaban J connectivity index is 1.59. The number of imidazole rings is 1. The predicted octanol–water partition coefficient (Wildman–Crippen LogP) is 3.81. The van der Waals surface area contributed by atoms with Crippen LogP contribution in [0.4, 0.5) is 0 Å². The average Bonchev–Trinajstić information content (AvgIpc) is 3.36. The number of rotatable bonds is 4. The van der Waals surface area contributed by atoms with E-state index < -0.39 is 0 Å². The topological polar surface area (TPSA) is 60.9 Å². The van der Waals surface area contributed by atoms with E-state index in [1.807, 2.05) is 40.9 Å². The molecular weight excluding hydrogens is 344 g/mol. The summed E-state index contributed by atoms with van der Waals surface area (Å²) in [7, 11) is 0. The highest BCUT2D eigenvalue weighted by Gasteiger charge is 2.16. The highest BCUT2D eigenvalue weighted by Crippen LogP contribution is 2.26. The van der Waals surface area contributed by atoms with E-state index >= 15 is 0 Å². The third kappa shape index (κ3) is 2.40. The van der Waals surface area contributed by atoms with Crippen LogP contribution in [0.5, 0.6) is 0 Å². The summed E-state index contributed by atoms with van der Waals surface area (Å²) in [6.45, 7) is 2.72. The summed E-state index contributed by atoms with van der Waals surface area (Å²) in [5.41, 5.74) is 3.21. The molecule has 2 aromatic carbocycles. The molecule has 0 N–H and O–H groups in total. The van der Waals surface area contributed by atoms with Crippen molar-refractivity contribution in [3.63, 3.8) is 0 Å². The van der Waals surface area contributed by atoms with Gasteiger partial charge in [-0.3, -0.25) is 0 Å². The first-order chi connectivity index (χ1) is 12.8. The van der Waals surface area contributed by atoms with Crippen LogP contribution >= 0.6 is 11.3 Å². The number of benzene rings is 2. The minimum absolute atomic E-state index is 0.600. The van der Waals surface area contributed by atoms with Crippen LogP contribution in [-0.2, 0) is 13.0 Å². The monoisotopic (exact) mass is 360 g/mol. The molecule has 0 aliphatic heterocycles. The van der Waals surface area contributed by atoms with E-state index in [0.717, 1.165) is 44.6 Å². The average molecular weight is 360 g/mol. The van der Waals surface area contributed by atoms with Crippen LogP contribution < -0.4 is 0 Å². The fourth-order valence-corrected chi connectivity index (χ4v) is 4.03. The van der Waals surface area contributed by atoms with Gasteiger partial charge in [-0.15, -0.1) is 10.2 Å². The molecule has 3 heterocycles. The zero-order valence-corrected chi connectivity index (χ0v) is 15.0. The molecule has 3 aromatic heterocycles. The minimum Gasteiger partial charge on any atom is -0.320 e. The van der Waals surface area contributed by atoms with Gasteiger partial charge in [0.25, 0.3) is 0 Å². The number of aryl methyl sites for hydroxylation is 1. The van der Waals surface area contributed by atoms with Crippen molar-refractivity contribution in [1.29, 1.82) is 0 Å². The first kappa shape index (κ1) is 15.2. The van der Waals surface area contributed by atoms with Gasteiger partial charge in [0.15, 0.2) is 5.82 Å². The molecule has 0 saturated heterocycles. The van der Waals surface area contributed by atoms with E-state index in [1.165, 1.54) is 0 Å². The standard InChI is InChI=1S/C19H16N6S/c1-2-16-20-14-10-6-7-11-15(14)24(16)12-17-21-22-19-25(17)23-18(26-19)13-8-4-3-5-9-13/h3-11H,2,12H2,1H3. The van der Waals surface area contributed by atoms with Crippen LogP contribution in [0, 0.1) is 0 Å². The van der Waals surface area contributed by atoms with Crippen LogP contribution in [0.3, 0.4) is 0 Å². The third-order valence-corrected chi connectivity index (χ3v) is 5.37. The van der Waals surface area contributed by atoms with Crippen molar-refractivity contribution in [2.75, 3.05) is 0 Å². The summed E-state index contributed by atoms with van der Waals surface area (Å²) in [6.07, 6.45) is 0.864. The molecule has 7 heteroatoms.